The summed E-state index contributed by atoms with van der Waals surface area (Å²) in [6.45, 7) is 3.47. The highest BCUT2D eigenvalue weighted by molar-refractivity contribution is 7.90. The van der Waals surface area contributed by atoms with Crippen molar-refractivity contribution < 1.29 is 8.42 Å². The zero-order valence-electron chi connectivity index (χ0n) is 9.91. The summed E-state index contributed by atoms with van der Waals surface area (Å²) in [5.74, 6) is -0.128. The van der Waals surface area contributed by atoms with Crippen molar-refractivity contribution in [3.63, 3.8) is 0 Å². The second kappa shape index (κ2) is 4.71. The summed E-state index contributed by atoms with van der Waals surface area (Å²) < 4.78 is 26.7. The van der Waals surface area contributed by atoms with Gasteiger partial charge >= 0.3 is 0 Å². The average Bonchev–Trinajstić information content (AvgIpc) is 2.70. The molecular weight excluding hydrogens is 226 g/mol. The highest BCUT2D eigenvalue weighted by atomic mass is 32.2. The van der Waals surface area contributed by atoms with Crippen LogP contribution in [0.3, 0.4) is 0 Å². The number of nitrogens with two attached hydrogens (primary N) is 1. The van der Waals surface area contributed by atoms with Gasteiger partial charge in [-0.1, -0.05) is 19.8 Å². The molecule has 1 aliphatic rings. The molecule has 0 aliphatic heterocycles. The molecular formula is C10H21N3O2S. The molecule has 1 saturated carbocycles. The Morgan fingerprint density at radius 2 is 2.00 bits per heavy atom. The van der Waals surface area contributed by atoms with Crippen molar-refractivity contribution in [3.8, 4) is 0 Å². The largest absolute Gasteiger partial charge is 0.386 e. The van der Waals surface area contributed by atoms with Gasteiger partial charge < -0.3 is 5.73 Å². The van der Waals surface area contributed by atoms with E-state index in [4.69, 9.17) is 11.1 Å². The summed E-state index contributed by atoms with van der Waals surface area (Å²) in [7, 11) is -3.35. The van der Waals surface area contributed by atoms with Crippen molar-refractivity contribution in [2.24, 2.45) is 5.73 Å². The fourth-order valence-electron chi connectivity index (χ4n) is 1.91. The van der Waals surface area contributed by atoms with Gasteiger partial charge in [0.15, 0.2) is 0 Å². The minimum Gasteiger partial charge on any atom is -0.386 e. The summed E-state index contributed by atoms with van der Waals surface area (Å²) in [5, 5.41) is 7.14. The maximum Gasteiger partial charge on any atom is 0.215 e. The standard InChI is InChI=1S/C10H21N3O2S/c1-3-10(2,9(11)12)13-16(14,15)8-6-4-5-7-8/h8,13H,3-7H2,1-2H3,(H3,11,12). The number of hydrogen-bond acceptors (Lipinski definition) is 3. The van der Waals surface area contributed by atoms with Crippen LogP contribution in [0.4, 0.5) is 0 Å². The Morgan fingerprint density at radius 3 is 2.38 bits per heavy atom. The first kappa shape index (κ1) is 13.4. The maximum absolute atomic E-state index is 12.0. The first-order chi connectivity index (χ1) is 7.32. The molecule has 1 unspecified atom stereocenters. The Kier molecular flexibility index (Phi) is 3.96. The van der Waals surface area contributed by atoms with E-state index in [1.165, 1.54) is 0 Å². The van der Waals surface area contributed by atoms with Gasteiger partial charge in [-0.2, -0.15) is 0 Å². The normalized spacial score (nSPS) is 21.9. The van der Waals surface area contributed by atoms with Gasteiger partial charge in [0.05, 0.1) is 10.8 Å². The van der Waals surface area contributed by atoms with Crippen LogP contribution in [0, 0.1) is 5.41 Å². The molecule has 1 fully saturated rings. The third-order valence-electron chi connectivity index (χ3n) is 3.41. The van der Waals surface area contributed by atoms with Gasteiger partial charge in [-0.25, -0.2) is 13.1 Å². The van der Waals surface area contributed by atoms with Crippen molar-refractivity contribution in [1.82, 2.24) is 4.72 Å². The van der Waals surface area contributed by atoms with Gasteiger partial charge in [-0.3, -0.25) is 5.41 Å². The van der Waals surface area contributed by atoms with Gasteiger partial charge in [-0.05, 0) is 26.2 Å². The van der Waals surface area contributed by atoms with Crippen LogP contribution >= 0.6 is 0 Å². The lowest BCUT2D eigenvalue weighted by molar-refractivity contribution is 0.496. The topological polar surface area (TPSA) is 96.0 Å². The van der Waals surface area contributed by atoms with E-state index in [1.54, 1.807) is 6.92 Å². The second-order valence-corrected chi connectivity index (χ2v) is 6.61. The van der Waals surface area contributed by atoms with Gasteiger partial charge in [0.1, 0.15) is 5.84 Å². The van der Waals surface area contributed by atoms with Crippen LogP contribution in [-0.4, -0.2) is 25.0 Å². The Morgan fingerprint density at radius 1 is 1.50 bits per heavy atom. The molecule has 0 amide bonds. The fourth-order valence-corrected chi connectivity index (χ4v) is 3.92. The molecule has 5 nitrogen and oxygen atoms in total. The highest BCUT2D eigenvalue weighted by Gasteiger charge is 2.36. The monoisotopic (exact) mass is 247 g/mol. The molecule has 0 aromatic carbocycles. The molecule has 0 heterocycles. The van der Waals surface area contributed by atoms with E-state index in [-0.39, 0.29) is 11.1 Å². The van der Waals surface area contributed by atoms with Crippen LogP contribution in [0.25, 0.3) is 0 Å². The van der Waals surface area contributed by atoms with Gasteiger partial charge in [0.2, 0.25) is 10.0 Å². The predicted molar refractivity (Wildman–Crippen MR) is 64.9 cm³/mol. The Labute approximate surface area is 97.4 Å². The van der Waals surface area contributed by atoms with Crippen molar-refractivity contribution in [3.05, 3.63) is 0 Å². The molecule has 0 aromatic heterocycles. The SMILES string of the molecule is CCC(C)(NS(=O)(=O)C1CCCC1)C(=N)N. The van der Waals surface area contributed by atoms with Crippen LogP contribution in [0.2, 0.25) is 0 Å². The zero-order valence-corrected chi connectivity index (χ0v) is 10.7. The summed E-state index contributed by atoms with van der Waals surface area (Å²) in [5.41, 5.74) is 4.50. The number of rotatable bonds is 5. The predicted octanol–water partition coefficient (Wildman–Crippen LogP) is 0.953. The second-order valence-electron chi connectivity index (χ2n) is 4.65. The maximum atomic E-state index is 12.0. The lowest BCUT2D eigenvalue weighted by atomic mass is 10.00. The molecule has 16 heavy (non-hydrogen) atoms. The van der Waals surface area contributed by atoms with Crippen LogP contribution in [-0.2, 0) is 10.0 Å². The molecule has 6 heteroatoms. The molecule has 1 atom stereocenters. The van der Waals surface area contributed by atoms with E-state index >= 15 is 0 Å². The minimum absolute atomic E-state index is 0.128. The van der Waals surface area contributed by atoms with E-state index in [2.05, 4.69) is 4.72 Å². The third kappa shape index (κ3) is 2.74. The number of sulfonamides is 1. The molecule has 0 bridgehead atoms. The summed E-state index contributed by atoms with van der Waals surface area (Å²) >= 11 is 0. The zero-order chi connectivity index (χ0) is 12.4. The molecule has 1 aliphatic carbocycles. The molecule has 0 saturated heterocycles. The van der Waals surface area contributed by atoms with Crippen molar-refractivity contribution in [1.29, 1.82) is 5.41 Å². The van der Waals surface area contributed by atoms with Gasteiger partial charge in [0, 0.05) is 0 Å². The van der Waals surface area contributed by atoms with Crippen molar-refractivity contribution >= 4 is 15.9 Å². The van der Waals surface area contributed by atoms with Crippen LogP contribution in [0.15, 0.2) is 0 Å². The van der Waals surface area contributed by atoms with Crippen LogP contribution in [0.1, 0.15) is 46.0 Å². The number of hydrogen-bond donors (Lipinski definition) is 3. The minimum atomic E-state index is -3.35. The Hall–Kier alpha value is -0.620. The first-order valence-electron chi connectivity index (χ1n) is 5.69. The quantitative estimate of drug-likeness (QED) is 0.498. The van der Waals surface area contributed by atoms with E-state index < -0.39 is 15.6 Å². The lowest BCUT2D eigenvalue weighted by Crippen LogP contribution is -2.56. The van der Waals surface area contributed by atoms with E-state index in [9.17, 15) is 8.42 Å². The van der Waals surface area contributed by atoms with Crippen LogP contribution in [0.5, 0.6) is 0 Å². The van der Waals surface area contributed by atoms with Crippen molar-refractivity contribution in [2.45, 2.75) is 56.7 Å². The molecule has 0 aromatic rings. The number of amidine groups is 1. The molecule has 4 N–H and O–H groups in total. The highest BCUT2D eigenvalue weighted by Crippen LogP contribution is 2.25. The summed E-state index contributed by atoms with van der Waals surface area (Å²) in [6.07, 6.45) is 3.84. The average molecular weight is 247 g/mol. The lowest BCUT2D eigenvalue weighted by Gasteiger charge is -2.29. The van der Waals surface area contributed by atoms with Crippen molar-refractivity contribution in [2.75, 3.05) is 0 Å². The molecule has 0 radical (unpaired) electrons. The molecule has 0 spiro atoms. The first-order valence-corrected chi connectivity index (χ1v) is 7.24. The summed E-state index contributed by atoms with van der Waals surface area (Å²) in [6, 6.07) is 0. The molecule has 94 valence electrons. The Bertz CT molecular complexity index is 360. The van der Waals surface area contributed by atoms with E-state index in [0.29, 0.717) is 19.3 Å². The van der Waals surface area contributed by atoms with Crippen LogP contribution < -0.4 is 10.5 Å². The fraction of sp³-hybridized carbons (Fsp3) is 0.900. The summed E-state index contributed by atoms with van der Waals surface area (Å²) in [4.78, 5) is 0. The Balaban J connectivity index is 2.82. The smallest absolute Gasteiger partial charge is 0.215 e. The van der Waals surface area contributed by atoms with Gasteiger partial charge in [-0.15, -0.1) is 0 Å². The molecule has 1 rings (SSSR count). The van der Waals surface area contributed by atoms with Gasteiger partial charge in [0.25, 0.3) is 0 Å². The van der Waals surface area contributed by atoms with E-state index in [0.717, 1.165) is 12.8 Å². The number of nitrogens with one attached hydrogen (secondary N) is 2. The van der Waals surface area contributed by atoms with E-state index in [1.807, 2.05) is 6.92 Å². The third-order valence-corrected chi connectivity index (χ3v) is 5.49.